The molecule has 2 aromatic carbocycles. The molecule has 1 N–H and O–H groups in total. The Kier molecular flexibility index (Phi) is 4.25. The summed E-state index contributed by atoms with van der Waals surface area (Å²) in [7, 11) is 0. The van der Waals surface area contributed by atoms with Gasteiger partial charge in [-0.1, -0.05) is 18.2 Å². The van der Waals surface area contributed by atoms with Crippen molar-refractivity contribution in [3.05, 3.63) is 59.3 Å². The van der Waals surface area contributed by atoms with Crippen LogP contribution in [0.15, 0.2) is 42.5 Å². The quantitative estimate of drug-likeness (QED) is 0.734. The molecule has 0 unspecified atom stereocenters. The van der Waals surface area contributed by atoms with Crippen LogP contribution < -0.4 is 9.47 Å². The number of hydrogen-bond acceptors (Lipinski definition) is 4. The maximum atomic E-state index is 10.0. The van der Waals surface area contributed by atoms with Gasteiger partial charge in [0.2, 0.25) is 0 Å². The number of para-hydroxylation sites is 1. The molecule has 0 aliphatic carbocycles. The van der Waals surface area contributed by atoms with Crippen molar-refractivity contribution in [1.29, 1.82) is 0 Å². The van der Waals surface area contributed by atoms with Gasteiger partial charge in [0.25, 0.3) is 0 Å². The standard InChI is InChI=1S/C22H21NO3/c1-3-25-20-13-17-11-14(2)26-21(17)12-16(20)8-10-18-9-7-15-5-4-6-19(24)22(15)23-18/h4-10,12-14,24H,3,11H2,1-2H3/b10-8+/t14-/m1/s1. The Balaban J connectivity index is 1.70. The molecular weight excluding hydrogens is 326 g/mol. The zero-order valence-electron chi connectivity index (χ0n) is 14.9. The second-order valence-corrected chi connectivity index (χ2v) is 6.48. The molecule has 26 heavy (non-hydrogen) atoms. The lowest BCUT2D eigenvalue weighted by atomic mass is 10.1. The Morgan fingerprint density at radius 2 is 2.12 bits per heavy atom. The van der Waals surface area contributed by atoms with Crippen LogP contribution in [0.2, 0.25) is 0 Å². The lowest BCUT2D eigenvalue weighted by Gasteiger charge is -2.10. The summed E-state index contributed by atoms with van der Waals surface area (Å²) in [4.78, 5) is 4.54. The normalized spacial score (nSPS) is 16.0. The number of phenolic OH excluding ortho intramolecular Hbond substituents is 1. The van der Waals surface area contributed by atoms with Crippen LogP contribution in [0, 0.1) is 0 Å². The number of ether oxygens (including phenoxy) is 2. The molecule has 1 aromatic heterocycles. The summed E-state index contributed by atoms with van der Waals surface area (Å²) in [5.41, 5.74) is 3.52. The Bertz CT molecular complexity index is 994. The van der Waals surface area contributed by atoms with Gasteiger partial charge in [-0.3, -0.25) is 0 Å². The zero-order chi connectivity index (χ0) is 18.1. The average Bonchev–Trinajstić information content (AvgIpc) is 2.99. The number of aromatic nitrogens is 1. The van der Waals surface area contributed by atoms with Crippen molar-refractivity contribution in [2.45, 2.75) is 26.4 Å². The molecule has 4 heteroatoms. The van der Waals surface area contributed by atoms with Crippen molar-refractivity contribution < 1.29 is 14.6 Å². The third-order valence-corrected chi connectivity index (χ3v) is 4.48. The second-order valence-electron chi connectivity index (χ2n) is 6.48. The van der Waals surface area contributed by atoms with Crippen LogP contribution in [0.4, 0.5) is 0 Å². The first-order valence-electron chi connectivity index (χ1n) is 8.87. The van der Waals surface area contributed by atoms with E-state index >= 15 is 0 Å². The highest BCUT2D eigenvalue weighted by atomic mass is 16.5. The third kappa shape index (κ3) is 3.10. The van der Waals surface area contributed by atoms with E-state index < -0.39 is 0 Å². The fourth-order valence-electron chi connectivity index (χ4n) is 3.28. The second kappa shape index (κ2) is 6.71. The number of nitrogens with zero attached hydrogens (tertiary/aromatic N) is 1. The van der Waals surface area contributed by atoms with Gasteiger partial charge < -0.3 is 14.6 Å². The molecule has 0 fully saturated rings. The predicted molar refractivity (Wildman–Crippen MR) is 104 cm³/mol. The van der Waals surface area contributed by atoms with Gasteiger partial charge in [-0.05, 0) is 50.3 Å². The number of rotatable bonds is 4. The Morgan fingerprint density at radius 1 is 1.23 bits per heavy atom. The van der Waals surface area contributed by atoms with Gasteiger partial charge in [0.15, 0.2) is 0 Å². The van der Waals surface area contributed by atoms with E-state index in [0.29, 0.717) is 12.1 Å². The number of benzene rings is 2. The molecule has 132 valence electrons. The van der Waals surface area contributed by atoms with E-state index in [0.717, 1.165) is 34.6 Å². The van der Waals surface area contributed by atoms with E-state index in [4.69, 9.17) is 9.47 Å². The topological polar surface area (TPSA) is 51.6 Å². The van der Waals surface area contributed by atoms with Crippen LogP contribution in [0.3, 0.4) is 0 Å². The zero-order valence-corrected chi connectivity index (χ0v) is 14.9. The molecule has 4 rings (SSSR count). The molecule has 0 radical (unpaired) electrons. The summed E-state index contributed by atoms with van der Waals surface area (Å²) in [6.07, 6.45) is 5.01. The molecule has 2 heterocycles. The van der Waals surface area contributed by atoms with E-state index in [9.17, 15) is 5.11 Å². The number of aromatic hydroxyl groups is 1. The summed E-state index contributed by atoms with van der Waals surface area (Å²) in [6.45, 7) is 4.66. The smallest absolute Gasteiger partial charge is 0.141 e. The summed E-state index contributed by atoms with van der Waals surface area (Å²) < 4.78 is 11.7. The maximum Gasteiger partial charge on any atom is 0.141 e. The van der Waals surface area contributed by atoms with Crippen molar-refractivity contribution in [3.8, 4) is 17.2 Å². The van der Waals surface area contributed by atoms with E-state index in [1.807, 2.05) is 49.4 Å². The minimum Gasteiger partial charge on any atom is -0.506 e. The van der Waals surface area contributed by atoms with Gasteiger partial charge in [-0.15, -0.1) is 0 Å². The Hall–Kier alpha value is -3.01. The third-order valence-electron chi connectivity index (χ3n) is 4.48. The van der Waals surface area contributed by atoms with Crippen LogP contribution in [-0.2, 0) is 6.42 Å². The van der Waals surface area contributed by atoms with E-state index in [1.54, 1.807) is 6.07 Å². The lowest BCUT2D eigenvalue weighted by molar-refractivity contribution is 0.254. The lowest BCUT2D eigenvalue weighted by Crippen LogP contribution is -2.05. The maximum absolute atomic E-state index is 10.0. The Labute approximate surface area is 152 Å². The monoisotopic (exact) mass is 347 g/mol. The molecule has 1 aliphatic rings. The molecule has 1 atom stereocenters. The van der Waals surface area contributed by atoms with Crippen LogP contribution in [0.1, 0.15) is 30.7 Å². The first kappa shape index (κ1) is 16.5. The number of fused-ring (bicyclic) bond motifs is 2. The van der Waals surface area contributed by atoms with Crippen molar-refractivity contribution in [3.63, 3.8) is 0 Å². The molecule has 4 nitrogen and oxygen atoms in total. The summed E-state index contributed by atoms with van der Waals surface area (Å²) in [5, 5.41) is 10.9. The fraction of sp³-hybridized carbons (Fsp3) is 0.227. The predicted octanol–water partition coefficient (Wildman–Crippen LogP) is 4.83. The number of phenols is 1. The van der Waals surface area contributed by atoms with Crippen LogP contribution >= 0.6 is 0 Å². The van der Waals surface area contributed by atoms with Crippen LogP contribution in [-0.4, -0.2) is 22.8 Å². The molecule has 0 amide bonds. The number of pyridine rings is 1. The molecule has 1 aliphatic heterocycles. The van der Waals surface area contributed by atoms with Crippen LogP contribution in [0.25, 0.3) is 23.1 Å². The largest absolute Gasteiger partial charge is 0.506 e. The van der Waals surface area contributed by atoms with Crippen molar-refractivity contribution >= 4 is 23.1 Å². The SMILES string of the molecule is CCOc1cc2c(cc1/C=C/c1ccc3cccc(O)c3n1)O[C@H](C)C2. The van der Waals surface area contributed by atoms with E-state index in [1.165, 1.54) is 5.56 Å². The van der Waals surface area contributed by atoms with Crippen LogP contribution in [0.5, 0.6) is 17.2 Å². The highest BCUT2D eigenvalue weighted by Gasteiger charge is 2.21. The van der Waals surface area contributed by atoms with E-state index in [-0.39, 0.29) is 11.9 Å². The molecule has 0 bridgehead atoms. The number of hydrogen-bond donors (Lipinski definition) is 1. The summed E-state index contributed by atoms with van der Waals surface area (Å²) >= 11 is 0. The minimum absolute atomic E-state index is 0.188. The average molecular weight is 347 g/mol. The van der Waals surface area contributed by atoms with Crippen molar-refractivity contribution in [2.24, 2.45) is 0 Å². The van der Waals surface area contributed by atoms with Crippen molar-refractivity contribution in [1.82, 2.24) is 4.98 Å². The van der Waals surface area contributed by atoms with Gasteiger partial charge in [-0.25, -0.2) is 4.98 Å². The highest BCUT2D eigenvalue weighted by molar-refractivity contribution is 5.86. The molecular formula is C22H21NO3. The van der Waals surface area contributed by atoms with Gasteiger partial charge in [0.05, 0.1) is 12.3 Å². The van der Waals surface area contributed by atoms with Gasteiger partial charge in [0, 0.05) is 22.9 Å². The van der Waals surface area contributed by atoms with E-state index in [2.05, 4.69) is 18.0 Å². The van der Waals surface area contributed by atoms with Crippen molar-refractivity contribution in [2.75, 3.05) is 6.61 Å². The van der Waals surface area contributed by atoms with Gasteiger partial charge in [-0.2, -0.15) is 0 Å². The first-order valence-corrected chi connectivity index (χ1v) is 8.87. The molecule has 3 aromatic rings. The first-order chi connectivity index (χ1) is 12.6. The molecule has 0 saturated heterocycles. The van der Waals surface area contributed by atoms with Gasteiger partial charge >= 0.3 is 0 Å². The summed E-state index contributed by atoms with van der Waals surface area (Å²) in [5.74, 6) is 1.96. The highest BCUT2D eigenvalue weighted by Crippen LogP contribution is 2.36. The summed E-state index contributed by atoms with van der Waals surface area (Å²) in [6, 6.07) is 13.4. The molecule has 0 spiro atoms. The minimum atomic E-state index is 0.188. The fourth-order valence-corrected chi connectivity index (χ4v) is 3.28. The molecule has 0 saturated carbocycles. The Morgan fingerprint density at radius 3 is 2.96 bits per heavy atom. The van der Waals surface area contributed by atoms with Gasteiger partial charge in [0.1, 0.15) is 28.9 Å².